The summed E-state index contributed by atoms with van der Waals surface area (Å²) in [5, 5.41) is 2.43. The van der Waals surface area contributed by atoms with E-state index in [0.29, 0.717) is 37.3 Å². The van der Waals surface area contributed by atoms with Crippen molar-refractivity contribution in [2.75, 3.05) is 11.9 Å². The summed E-state index contributed by atoms with van der Waals surface area (Å²) in [6.45, 7) is 0.329. The summed E-state index contributed by atoms with van der Waals surface area (Å²) in [6, 6.07) is 12.1. The summed E-state index contributed by atoms with van der Waals surface area (Å²) in [5.41, 5.74) is 0.475. The van der Waals surface area contributed by atoms with E-state index in [1.54, 1.807) is 18.2 Å². The molecule has 1 fully saturated rings. The third kappa shape index (κ3) is 5.32. The number of sulfone groups is 1. The number of anilines is 1. The van der Waals surface area contributed by atoms with Crippen LogP contribution in [-0.2, 0) is 14.6 Å². The maximum Gasteiger partial charge on any atom is 0.224 e. The fraction of sp³-hybridized carbons (Fsp3) is 0.381. The zero-order valence-electron chi connectivity index (χ0n) is 15.6. The minimum absolute atomic E-state index is 0.210. The number of hydrogen-bond donors (Lipinski definition) is 1. The van der Waals surface area contributed by atoms with Gasteiger partial charge in [-0.25, -0.2) is 12.8 Å². The third-order valence-electron chi connectivity index (χ3n) is 4.82. The standard InChI is InChI=1S/C21H24FNO4S/c22-16-10-12-18(13-11-16)27-14-4-9-21(24)23-17-5-3-8-20(15-17)28(25,26)19-6-1-2-7-19/h3,5,8,10-13,15,19H,1-2,4,6-7,9,14H2,(H,23,24). The number of carbonyl (C=O) groups is 1. The van der Waals surface area contributed by atoms with Crippen LogP contribution in [0.1, 0.15) is 38.5 Å². The second-order valence-corrected chi connectivity index (χ2v) is 9.16. The Balaban J connectivity index is 1.49. The summed E-state index contributed by atoms with van der Waals surface area (Å²) < 4.78 is 43.7. The van der Waals surface area contributed by atoms with Gasteiger partial charge in [0.15, 0.2) is 9.84 Å². The number of benzene rings is 2. The molecule has 5 nitrogen and oxygen atoms in total. The number of amides is 1. The molecule has 0 spiro atoms. The van der Waals surface area contributed by atoms with Crippen molar-refractivity contribution in [2.24, 2.45) is 0 Å². The lowest BCUT2D eigenvalue weighted by Gasteiger charge is -2.13. The van der Waals surface area contributed by atoms with Crippen LogP contribution in [0.3, 0.4) is 0 Å². The van der Waals surface area contributed by atoms with Gasteiger partial charge in [0.05, 0.1) is 16.8 Å². The second kappa shape index (κ2) is 9.19. The number of nitrogens with one attached hydrogen (secondary N) is 1. The Morgan fingerprint density at radius 3 is 2.54 bits per heavy atom. The van der Waals surface area contributed by atoms with Gasteiger partial charge in [0.25, 0.3) is 0 Å². The van der Waals surface area contributed by atoms with Gasteiger partial charge in [0, 0.05) is 12.1 Å². The quantitative estimate of drug-likeness (QED) is 0.663. The molecule has 1 amide bonds. The highest BCUT2D eigenvalue weighted by atomic mass is 32.2. The molecule has 1 aliphatic carbocycles. The minimum Gasteiger partial charge on any atom is -0.494 e. The van der Waals surface area contributed by atoms with E-state index < -0.39 is 9.84 Å². The molecule has 1 aliphatic rings. The Hall–Kier alpha value is -2.41. The van der Waals surface area contributed by atoms with E-state index in [0.717, 1.165) is 12.8 Å². The zero-order chi connectivity index (χ0) is 20.0. The van der Waals surface area contributed by atoms with Crippen LogP contribution >= 0.6 is 0 Å². The average molecular weight is 405 g/mol. The molecular formula is C21H24FNO4S. The van der Waals surface area contributed by atoms with Gasteiger partial charge in [-0.2, -0.15) is 0 Å². The van der Waals surface area contributed by atoms with Crippen LogP contribution in [0, 0.1) is 5.82 Å². The van der Waals surface area contributed by atoms with Crippen molar-refractivity contribution in [2.45, 2.75) is 48.7 Å². The summed E-state index contributed by atoms with van der Waals surface area (Å²) in [4.78, 5) is 12.4. The highest BCUT2D eigenvalue weighted by molar-refractivity contribution is 7.92. The van der Waals surface area contributed by atoms with E-state index in [1.165, 1.54) is 30.3 Å². The van der Waals surface area contributed by atoms with Crippen molar-refractivity contribution >= 4 is 21.4 Å². The molecule has 0 aliphatic heterocycles. The summed E-state index contributed by atoms with van der Waals surface area (Å²) in [7, 11) is -3.35. The molecule has 2 aromatic carbocycles. The Kier molecular flexibility index (Phi) is 6.67. The molecule has 0 radical (unpaired) electrons. The highest BCUT2D eigenvalue weighted by Crippen LogP contribution is 2.30. The van der Waals surface area contributed by atoms with Gasteiger partial charge in [0.1, 0.15) is 11.6 Å². The van der Waals surface area contributed by atoms with Crippen molar-refractivity contribution in [3.05, 3.63) is 54.3 Å². The van der Waals surface area contributed by atoms with E-state index in [2.05, 4.69) is 5.32 Å². The van der Waals surface area contributed by atoms with E-state index in [9.17, 15) is 17.6 Å². The Morgan fingerprint density at radius 1 is 1.11 bits per heavy atom. The third-order valence-corrected chi connectivity index (χ3v) is 7.08. The van der Waals surface area contributed by atoms with Crippen LogP contribution < -0.4 is 10.1 Å². The van der Waals surface area contributed by atoms with Gasteiger partial charge in [-0.3, -0.25) is 4.79 Å². The molecule has 0 aromatic heterocycles. The van der Waals surface area contributed by atoms with Crippen molar-refractivity contribution in [3.8, 4) is 5.75 Å². The van der Waals surface area contributed by atoms with Crippen LogP contribution in [0.25, 0.3) is 0 Å². The first-order valence-electron chi connectivity index (χ1n) is 9.47. The molecule has 2 aromatic rings. The number of rotatable bonds is 8. The largest absolute Gasteiger partial charge is 0.494 e. The maximum atomic E-state index is 12.8. The molecule has 1 N–H and O–H groups in total. The van der Waals surface area contributed by atoms with Crippen LogP contribution in [0.4, 0.5) is 10.1 Å². The predicted molar refractivity (Wildman–Crippen MR) is 106 cm³/mol. The molecule has 0 atom stereocenters. The zero-order valence-corrected chi connectivity index (χ0v) is 16.4. The Labute approximate surface area is 164 Å². The fourth-order valence-corrected chi connectivity index (χ4v) is 5.22. The van der Waals surface area contributed by atoms with Gasteiger partial charge < -0.3 is 10.1 Å². The first kappa shape index (κ1) is 20.3. The van der Waals surface area contributed by atoms with Gasteiger partial charge in [-0.05, 0) is 61.7 Å². The first-order valence-corrected chi connectivity index (χ1v) is 11.0. The summed E-state index contributed by atoms with van der Waals surface area (Å²) in [5.74, 6) is 0.00801. The number of ether oxygens (including phenoxy) is 1. The van der Waals surface area contributed by atoms with E-state index in [1.807, 2.05) is 0 Å². The van der Waals surface area contributed by atoms with Crippen molar-refractivity contribution in [3.63, 3.8) is 0 Å². The monoisotopic (exact) mass is 405 g/mol. The topological polar surface area (TPSA) is 72.5 Å². The SMILES string of the molecule is O=C(CCCOc1ccc(F)cc1)Nc1cccc(S(=O)(=O)C2CCCC2)c1. The molecular weight excluding hydrogens is 381 g/mol. The van der Waals surface area contributed by atoms with Crippen LogP contribution in [0.15, 0.2) is 53.4 Å². The highest BCUT2D eigenvalue weighted by Gasteiger charge is 2.30. The van der Waals surface area contributed by atoms with Gasteiger partial charge in [-0.15, -0.1) is 0 Å². The second-order valence-electron chi connectivity index (χ2n) is 6.93. The fourth-order valence-electron chi connectivity index (χ4n) is 3.32. The number of hydrogen-bond acceptors (Lipinski definition) is 4. The molecule has 0 unspecified atom stereocenters. The molecule has 3 rings (SSSR count). The van der Waals surface area contributed by atoms with E-state index in [4.69, 9.17) is 4.74 Å². The minimum atomic E-state index is -3.35. The molecule has 150 valence electrons. The van der Waals surface area contributed by atoms with E-state index in [-0.39, 0.29) is 28.3 Å². The molecule has 0 saturated heterocycles. The molecule has 0 bridgehead atoms. The Bertz CT molecular complexity index is 906. The van der Waals surface area contributed by atoms with Gasteiger partial charge in [-0.1, -0.05) is 18.9 Å². The lowest BCUT2D eigenvalue weighted by molar-refractivity contribution is -0.116. The lowest BCUT2D eigenvalue weighted by atomic mass is 10.2. The maximum absolute atomic E-state index is 12.8. The molecule has 1 saturated carbocycles. The van der Waals surface area contributed by atoms with E-state index >= 15 is 0 Å². The average Bonchev–Trinajstić information content (AvgIpc) is 3.22. The van der Waals surface area contributed by atoms with Crippen molar-refractivity contribution in [1.29, 1.82) is 0 Å². The molecule has 0 heterocycles. The molecule has 28 heavy (non-hydrogen) atoms. The summed E-state index contributed by atoms with van der Waals surface area (Å²) in [6.07, 6.45) is 4.02. The van der Waals surface area contributed by atoms with Crippen LogP contribution in [-0.4, -0.2) is 26.2 Å². The van der Waals surface area contributed by atoms with Gasteiger partial charge in [0.2, 0.25) is 5.91 Å². The van der Waals surface area contributed by atoms with Crippen molar-refractivity contribution in [1.82, 2.24) is 0 Å². The summed E-state index contributed by atoms with van der Waals surface area (Å²) >= 11 is 0. The van der Waals surface area contributed by atoms with Crippen LogP contribution in [0.5, 0.6) is 5.75 Å². The Morgan fingerprint density at radius 2 is 1.82 bits per heavy atom. The smallest absolute Gasteiger partial charge is 0.224 e. The van der Waals surface area contributed by atoms with Gasteiger partial charge >= 0.3 is 0 Å². The lowest BCUT2D eigenvalue weighted by Crippen LogP contribution is -2.18. The molecule has 7 heteroatoms. The van der Waals surface area contributed by atoms with Crippen molar-refractivity contribution < 1.29 is 22.3 Å². The number of halogens is 1. The normalized spacial score (nSPS) is 14.8. The predicted octanol–water partition coefficient (Wildman–Crippen LogP) is 4.34. The first-order chi connectivity index (χ1) is 13.4. The van der Waals surface area contributed by atoms with Crippen LogP contribution in [0.2, 0.25) is 0 Å². The number of carbonyl (C=O) groups excluding carboxylic acids is 1.